The molecular weight excluding hydrogens is 271 g/mol. The first-order chi connectivity index (χ1) is 9.77. The number of halogens is 1. The van der Waals surface area contributed by atoms with Crippen molar-refractivity contribution in [2.45, 2.75) is 33.3 Å². The van der Waals surface area contributed by atoms with Crippen LogP contribution in [-0.2, 0) is 4.79 Å². The van der Waals surface area contributed by atoms with Crippen molar-refractivity contribution in [2.75, 3.05) is 23.3 Å². The Balaban J connectivity index is 1.88. The quantitative estimate of drug-likeness (QED) is 0.836. The number of carbonyl (C=O) groups excluding carboxylic acids is 1. The molecule has 1 fully saturated rings. The number of anilines is 2. The van der Waals surface area contributed by atoms with E-state index in [9.17, 15) is 14.3 Å². The van der Waals surface area contributed by atoms with Gasteiger partial charge in [0.1, 0.15) is 5.82 Å². The van der Waals surface area contributed by atoms with E-state index in [2.05, 4.69) is 26.1 Å². The summed E-state index contributed by atoms with van der Waals surface area (Å²) in [5, 5.41) is 12.3. The number of amides is 1. The third-order valence-corrected chi connectivity index (χ3v) is 4.67. The zero-order valence-electron chi connectivity index (χ0n) is 12.6. The molecule has 2 aliphatic rings. The van der Waals surface area contributed by atoms with Crippen molar-refractivity contribution in [3.63, 3.8) is 0 Å². The van der Waals surface area contributed by atoms with Crippen LogP contribution in [0, 0.1) is 17.2 Å². The third-order valence-electron chi connectivity index (χ3n) is 4.67. The van der Waals surface area contributed by atoms with Crippen LogP contribution < -0.4 is 10.2 Å². The second-order valence-corrected chi connectivity index (χ2v) is 7.08. The molecule has 0 aromatic heterocycles. The highest BCUT2D eigenvalue weighted by atomic mass is 19.1. The van der Waals surface area contributed by atoms with Gasteiger partial charge in [0, 0.05) is 24.3 Å². The number of benzene rings is 1. The number of aliphatic hydroxyl groups is 1. The highest BCUT2D eigenvalue weighted by molar-refractivity contribution is 6.02. The van der Waals surface area contributed by atoms with E-state index in [4.69, 9.17) is 0 Å². The second kappa shape index (κ2) is 4.70. The molecule has 0 bridgehead atoms. The van der Waals surface area contributed by atoms with E-state index < -0.39 is 12.0 Å². The first kappa shape index (κ1) is 14.3. The Labute approximate surface area is 124 Å². The number of nitrogens with one attached hydrogen (secondary N) is 1. The van der Waals surface area contributed by atoms with Crippen molar-refractivity contribution in [1.29, 1.82) is 0 Å². The molecule has 0 spiro atoms. The van der Waals surface area contributed by atoms with Crippen LogP contribution in [0.15, 0.2) is 12.1 Å². The number of carbonyl (C=O) groups is 1. The lowest BCUT2D eigenvalue weighted by Crippen LogP contribution is -2.26. The topological polar surface area (TPSA) is 52.6 Å². The van der Waals surface area contributed by atoms with Crippen molar-refractivity contribution in [2.24, 2.45) is 11.3 Å². The molecule has 114 valence electrons. The zero-order chi connectivity index (χ0) is 15.4. The molecule has 1 amide bonds. The highest BCUT2D eigenvalue weighted by Crippen LogP contribution is 2.40. The molecule has 2 unspecified atom stereocenters. The van der Waals surface area contributed by atoms with Gasteiger partial charge in [-0.15, -0.1) is 0 Å². The fourth-order valence-electron chi connectivity index (χ4n) is 3.18. The molecule has 1 saturated heterocycles. The van der Waals surface area contributed by atoms with Crippen LogP contribution in [0.1, 0.15) is 38.9 Å². The largest absolute Gasteiger partial charge is 0.378 e. The highest BCUT2D eigenvalue weighted by Gasteiger charge is 2.35. The molecule has 2 aliphatic heterocycles. The predicted octanol–water partition coefficient (Wildman–Crippen LogP) is 2.68. The van der Waals surface area contributed by atoms with Crippen LogP contribution in [0.2, 0.25) is 0 Å². The Morgan fingerprint density at radius 1 is 1.38 bits per heavy atom. The molecule has 21 heavy (non-hydrogen) atoms. The molecule has 0 saturated carbocycles. The summed E-state index contributed by atoms with van der Waals surface area (Å²) >= 11 is 0. The number of hydrogen-bond donors (Lipinski definition) is 2. The molecule has 2 atom stereocenters. The molecule has 4 nitrogen and oxygen atoms in total. The molecule has 0 aliphatic carbocycles. The number of rotatable bonds is 1. The van der Waals surface area contributed by atoms with Gasteiger partial charge < -0.3 is 15.3 Å². The van der Waals surface area contributed by atoms with E-state index >= 15 is 0 Å². The first-order valence-electron chi connectivity index (χ1n) is 7.34. The summed E-state index contributed by atoms with van der Waals surface area (Å²) in [5.74, 6) is -0.347. The summed E-state index contributed by atoms with van der Waals surface area (Å²) in [5.41, 5.74) is 1.55. The van der Waals surface area contributed by atoms with E-state index in [0.29, 0.717) is 22.9 Å². The normalized spacial score (nSPS) is 25.2. The van der Waals surface area contributed by atoms with E-state index in [1.165, 1.54) is 6.07 Å². The summed E-state index contributed by atoms with van der Waals surface area (Å²) in [6.07, 6.45) is -0.223. The van der Waals surface area contributed by atoms with Gasteiger partial charge in [0.25, 0.3) is 5.91 Å². The van der Waals surface area contributed by atoms with Gasteiger partial charge in [-0.2, -0.15) is 0 Å². The number of aliphatic hydroxyl groups excluding tert-OH is 1. The third kappa shape index (κ3) is 2.39. The fourth-order valence-corrected chi connectivity index (χ4v) is 3.18. The van der Waals surface area contributed by atoms with Crippen LogP contribution in [0.4, 0.5) is 15.8 Å². The lowest BCUT2D eigenvalue weighted by molar-refractivity contribution is -0.123. The summed E-state index contributed by atoms with van der Waals surface area (Å²) in [4.78, 5) is 13.5. The van der Waals surface area contributed by atoms with E-state index in [1.54, 1.807) is 6.07 Å². The molecule has 3 rings (SSSR count). The van der Waals surface area contributed by atoms with Gasteiger partial charge in [0.15, 0.2) is 6.10 Å². The van der Waals surface area contributed by atoms with Gasteiger partial charge in [-0.1, -0.05) is 20.8 Å². The van der Waals surface area contributed by atoms with Crippen molar-refractivity contribution in [3.05, 3.63) is 23.5 Å². The molecule has 2 N–H and O–H groups in total. The smallest absolute Gasteiger partial charge is 0.257 e. The average molecular weight is 292 g/mol. The van der Waals surface area contributed by atoms with Crippen molar-refractivity contribution in [3.8, 4) is 0 Å². The average Bonchev–Trinajstić information content (AvgIpc) is 2.96. The Kier molecular flexibility index (Phi) is 3.20. The number of nitrogens with zero attached hydrogens (tertiary/aromatic N) is 1. The number of hydrogen-bond acceptors (Lipinski definition) is 3. The lowest BCUT2D eigenvalue weighted by Gasteiger charge is -2.27. The molecule has 1 aromatic carbocycles. The monoisotopic (exact) mass is 292 g/mol. The van der Waals surface area contributed by atoms with Crippen molar-refractivity contribution in [1.82, 2.24) is 0 Å². The Morgan fingerprint density at radius 2 is 2.10 bits per heavy atom. The van der Waals surface area contributed by atoms with Crippen molar-refractivity contribution < 1.29 is 14.3 Å². The Morgan fingerprint density at radius 3 is 2.71 bits per heavy atom. The van der Waals surface area contributed by atoms with Gasteiger partial charge >= 0.3 is 0 Å². The maximum Gasteiger partial charge on any atom is 0.257 e. The van der Waals surface area contributed by atoms with Gasteiger partial charge in [0.2, 0.25) is 0 Å². The van der Waals surface area contributed by atoms with Gasteiger partial charge in [-0.25, -0.2) is 4.39 Å². The van der Waals surface area contributed by atoms with Crippen LogP contribution in [-0.4, -0.2) is 24.1 Å². The van der Waals surface area contributed by atoms with Crippen LogP contribution in [0.25, 0.3) is 0 Å². The summed E-state index contributed by atoms with van der Waals surface area (Å²) in [6, 6.07) is 2.92. The summed E-state index contributed by atoms with van der Waals surface area (Å²) < 4.78 is 14.3. The minimum Gasteiger partial charge on any atom is -0.378 e. The Bertz CT molecular complexity index is 595. The van der Waals surface area contributed by atoms with Crippen LogP contribution in [0.5, 0.6) is 0 Å². The molecule has 2 heterocycles. The van der Waals surface area contributed by atoms with Crippen LogP contribution in [0.3, 0.4) is 0 Å². The minimum atomic E-state index is -1.26. The maximum absolute atomic E-state index is 14.3. The second-order valence-electron chi connectivity index (χ2n) is 7.08. The van der Waals surface area contributed by atoms with E-state index in [1.807, 2.05) is 4.90 Å². The van der Waals surface area contributed by atoms with E-state index in [0.717, 1.165) is 19.5 Å². The molecule has 0 radical (unpaired) electrons. The molecule has 5 heteroatoms. The van der Waals surface area contributed by atoms with Crippen LogP contribution >= 0.6 is 0 Å². The SMILES string of the molecule is CC(C)(C)C1CCN(c2cc3c(cc2F)C(O)C(=O)N3)C1. The minimum absolute atomic E-state index is 0.201. The standard InChI is InChI=1S/C16H21FN2O2/c1-16(2,3)9-4-5-19(8-9)13-7-12-10(6-11(13)17)14(20)15(21)18-12/h6-7,9,14,20H,4-5,8H2,1-3H3,(H,18,21). The maximum atomic E-state index is 14.3. The summed E-state index contributed by atoms with van der Waals surface area (Å²) in [7, 11) is 0. The Hall–Kier alpha value is -1.62. The predicted molar refractivity (Wildman–Crippen MR) is 79.8 cm³/mol. The van der Waals surface area contributed by atoms with Gasteiger partial charge in [0.05, 0.1) is 5.69 Å². The van der Waals surface area contributed by atoms with Gasteiger partial charge in [-0.05, 0) is 29.9 Å². The molecule has 1 aromatic rings. The number of fused-ring (bicyclic) bond motifs is 1. The summed E-state index contributed by atoms with van der Waals surface area (Å²) in [6.45, 7) is 8.24. The lowest BCUT2D eigenvalue weighted by atomic mass is 9.80. The zero-order valence-corrected chi connectivity index (χ0v) is 12.6. The first-order valence-corrected chi connectivity index (χ1v) is 7.34. The van der Waals surface area contributed by atoms with Gasteiger partial charge in [-0.3, -0.25) is 4.79 Å². The van der Waals surface area contributed by atoms with E-state index in [-0.39, 0.29) is 11.2 Å². The molecular formula is C16H21FN2O2. The van der Waals surface area contributed by atoms with Crippen molar-refractivity contribution >= 4 is 17.3 Å². The fraction of sp³-hybridized carbons (Fsp3) is 0.562.